The van der Waals surface area contributed by atoms with Crippen molar-refractivity contribution in [3.63, 3.8) is 0 Å². The zero-order valence-electron chi connectivity index (χ0n) is 10.9. The van der Waals surface area contributed by atoms with Crippen LogP contribution in [0, 0.1) is 11.8 Å². The Morgan fingerprint density at radius 2 is 2.18 bits per heavy atom. The predicted molar refractivity (Wildman–Crippen MR) is 66.6 cm³/mol. The van der Waals surface area contributed by atoms with E-state index in [0.717, 1.165) is 32.4 Å². The molecule has 4 unspecified atom stereocenters. The number of aliphatic hydroxyl groups excluding tert-OH is 1. The maximum Gasteiger partial charge on any atom is 0.227 e. The van der Waals surface area contributed by atoms with Crippen LogP contribution in [0.3, 0.4) is 0 Å². The number of aliphatic hydroxyl groups is 1. The molecule has 4 atom stereocenters. The lowest BCUT2D eigenvalue weighted by Crippen LogP contribution is -2.50. The van der Waals surface area contributed by atoms with Gasteiger partial charge in [-0.2, -0.15) is 0 Å². The predicted octanol–water partition coefficient (Wildman–Crippen LogP) is 0.604. The van der Waals surface area contributed by atoms with Crippen LogP contribution >= 0.6 is 0 Å². The van der Waals surface area contributed by atoms with Crippen molar-refractivity contribution in [1.29, 1.82) is 0 Å². The number of rotatable bonds is 2. The molecule has 0 aromatic rings. The zero-order valence-corrected chi connectivity index (χ0v) is 10.9. The summed E-state index contributed by atoms with van der Waals surface area (Å²) < 4.78 is 0. The Labute approximate surface area is 103 Å². The van der Waals surface area contributed by atoms with Crippen LogP contribution in [0.15, 0.2) is 0 Å². The number of amides is 1. The summed E-state index contributed by atoms with van der Waals surface area (Å²) in [5, 5.41) is 12.8. The highest BCUT2D eigenvalue weighted by Crippen LogP contribution is 2.28. The first-order valence-electron chi connectivity index (χ1n) is 6.80. The molecule has 0 spiro atoms. The first-order valence-corrected chi connectivity index (χ1v) is 6.80. The number of likely N-dealkylation sites (tertiary alicyclic amines) is 1. The van der Waals surface area contributed by atoms with Crippen molar-refractivity contribution in [2.24, 2.45) is 11.8 Å². The van der Waals surface area contributed by atoms with Gasteiger partial charge in [0.05, 0.1) is 18.6 Å². The average Bonchev–Trinajstić information content (AvgIpc) is 2.70. The first-order chi connectivity index (χ1) is 8.15. The lowest BCUT2D eigenvalue weighted by atomic mass is 9.90. The van der Waals surface area contributed by atoms with E-state index in [9.17, 15) is 9.90 Å². The van der Waals surface area contributed by atoms with Crippen molar-refractivity contribution in [3.05, 3.63) is 0 Å². The molecule has 0 radical (unpaired) electrons. The normalized spacial score (nSPS) is 38.4. The van der Waals surface area contributed by atoms with E-state index in [4.69, 9.17) is 0 Å². The minimum absolute atomic E-state index is 0.0385. The van der Waals surface area contributed by atoms with Gasteiger partial charge in [0.15, 0.2) is 0 Å². The van der Waals surface area contributed by atoms with Crippen LogP contribution in [-0.2, 0) is 4.79 Å². The molecule has 4 nitrogen and oxygen atoms in total. The summed E-state index contributed by atoms with van der Waals surface area (Å²) in [5.74, 6) is 0.770. The Morgan fingerprint density at radius 1 is 1.41 bits per heavy atom. The number of hydrogen-bond donors (Lipinski definition) is 2. The summed E-state index contributed by atoms with van der Waals surface area (Å²) in [6.07, 6.45) is 3.08. The van der Waals surface area contributed by atoms with Gasteiger partial charge >= 0.3 is 0 Å². The van der Waals surface area contributed by atoms with Gasteiger partial charge in [0.1, 0.15) is 0 Å². The van der Waals surface area contributed by atoms with Gasteiger partial charge in [-0.05, 0) is 38.6 Å². The highest BCUT2D eigenvalue weighted by molar-refractivity contribution is 5.80. The number of hydrogen-bond acceptors (Lipinski definition) is 3. The molecule has 2 heterocycles. The molecule has 0 bridgehead atoms. The van der Waals surface area contributed by atoms with Gasteiger partial charge in [0.25, 0.3) is 0 Å². The number of nitrogens with one attached hydrogen (secondary N) is 1. The fourth-order valence-electron chi connectivity index (χ4n) is 3.15. The Morgan fingerprint density at radius 3 is 2.82 bits per heavy atom. The van der Waals surface area contributed by atoms with E-state index in [0.29, 0.717) is 5.92 Å². The van der Waals surface area contributed by atoms with Crippen LogP contribution in [0.25, 0.3) is 0 Å². The van der Waals surface area contributed by atoms with Crippen molar-refractivity contribution < 1.29 is 9.90 Å². The van der Waals surface area contributed by atoms with Crippen molar-refractivity contribution in [2.45, 2.75) is 45.2 Å². The first kappa shape index (κ1) is 12.8. The highest BCUT2D eigenvalue weighted by atomic mass is 16.3. The topological polar surface area (TPSA) is 52.6 Å². The Kier molecular flexibility index (Phi) is 4.05. The van der Waals surface area contributed by atoms with E-state index < -0.39 is 0 Å². The second-order valence-electron chi connectivity index (χ2n) is 5.54. The number of piperidine rings is 1. The van der Waals surface area contributed by atoms with Crippen LogP contribution in [0.5, 0.6) is 0 Å². The van der Waals surface area contributed by atoms with Crippen molar-refractivity contribution in [1.82, 2.24) is 10.2 Å². The van der Waals surface area contributed by atoms with Crippen LogP contribution in [0.1, 0.15) is 33.1 Å². The second-order valence-corrected chi connectivity index (χ2v) is 5.54. The second kappa shape index (κ2) is 5.36. The van der Waals surface area contributed by atoms with E-state index in [-0.39, 0.29) is 30.5 Å². The van der Waals surface area contributed by atoms with Gasteiger partial charge in [0, 0.05) is 12.6 Å². The molecule has 2 saturated heterocycles. The standard InChI is InChI=1S/C13H24N2O2/c1-9-5-7-15(12(9)8-16)13(17)11-4-3-6-14-10(11)2/h9-12,14,16H,3-8H2,1-2H3. The molecule has 17 heavy (non-hydrogen) atoms. The zero-order chi connectivity index (χ0) is 12.4. The summed E-state index contributed by atoms with van der Waals surface area (Å²) in [5.41, 5.74) is 0. The van der Waals surface area contributed by atoms with Crippen LogP contribution in [-0.4, -0.2) is 47.7 Å². The molecule has 0 aromatic carbocycles. The van der Waals surface area contributed by atoms with E-state index in [1.807, 2.05) is 4.90 Å². The summed E-state index contributed by atoms with van der Waals surface area (Å²) in [6.45, 7) is 6.15. The molecule has 98 valence electrons. The Balaban J connectivity index is 2.03. The molecule has 0 saturated carbocycles. The van der Waals surface area contributed by atoms with E-state index >= 15 is 0 Å². The van der Waals surface area contributed by atoms with Gasteiger partial charge in [-0.3, -0.25) is 4.79 Å². The molecule has 2 aliphatic heterocycles. The maximum atomic E-state index is 12.5. The molecular weight excluding hydrogens is 216 g/mol. The number of nitrogens with zero attached hydrogens (tertiary/aromatic N) is 1. The quantitative estimate of drug-likeness (QED) is 0.743. The van der Waals surface area contributed by atoms with Gasteiger partial charge < -0.3 is 15.3 Å². The average molecular weight is 240 g/mol. The fourth-order valence-corrected chi connectivity index (χ4v) is 3.15. The van der Waals surface area contributed by atoms with Gasteiger partial charge in [-0.1, -0.05) is 6.92 Å². The monoisotopic (exact) mass is 240 g/mol. The highest BCUT2D eigenvalue weighted by Gasteiger charge is 2.38. The van der Waals surface area contributed by atoms with Gasteiger partial charge in [-0.25, -0.2) is 0 Å². The molecule has 2 aliphatic rings. The SMILES string of the molecule is CC1CCN(C(=O)C2CCCNC2C)C1CO. The summed E-state index contributed by atoms with van der Waals surface area (Å²) in [6, 6.07) is 0.308. The van der Waals surface area contributed by atoms with Crippen LogP contribution in [0.2, 0.25) is 0 Å². The summed E-state index contributed by atoms with van der Waals surface area (Å²) in [7, 11) is 0. The third-order valence-electron chi connectivity index (χ3n) is 4.43. The van der Waals surface area contributed by atoms with Gasteiger partial charge in [-0.15, -0.1) is 0 Å². The van der Waals surface area contributed by atoms with E-state index in [1.165, 1.54) is 0 Å². The smallest absolute Gasteiger partial charge is 0.227 e. The molecule has 0 aromatic heterocycles. The molecule has 0 aliphatic carbocycles. The van der Waals surface area contributed by atoms with Crippen molar-refractivity contribution in [2.75, 3.05) is 19.7 Å². The minimum Gasteiger partial charge on any atom is -0.394 e. The Bertz CT molecular complexity index is 283. The lowest BCUT2D eigenvalue weighted by molar-refractivity contribution is -0.139. The van der Waals surface area contributed by atoms with Crippen molar-refractivity contribution in [3.8, 4) is 0 Å². The molecule has 4 heteroatoms. The van der Waals surface area contributed by atoms with Crippen molar-refractivity contribution >= 4 is 5.91 Å². The molecule has 2 rings (SSSR count). The molecule has 2 fully saturated rings. The molecular formula is C13H24N2O2. The Hall–Kier alpha value is -0.610. The fraction of sp³-hybridized carbons (Fsp3) is 0.923. The summed E-state index contributed by atoms with van der Waals surface area (Å²) in [4.78, 5) is 14.4. The maximum absolute atomic E-state index is 12.5. The van der Waals surface area contributed by atoms with Crippen LogP contribution in [0.4, 0.5) is 0 Å². The van der Waals surface area contributed by atoms with E-state index in [1.54, 1.807) is 0 Å². The largest absolute Gasteiger partial charge is 0.394 e. The van der Waals surface area contributed by atoms with Gasteiger partial charge in [0.2, 0.25) is 5.91 Å². The third-order valence-corrected chi connectivity index (χ3v) is 4.43. The third kappa shape index (κ3) is 2.47. The molecule has 1 amide bonds. The molecule has 2 N–H and O–H groups in total. The summed E-state index contributed by atoms with van der Waals surface area (Å²) >= 11 is 0. The van der Waals surface area contributed by atoms with Crippen LogP contribution < -0.4 is 5.32 Å². The minimum atomic E-state index is 0.0385. The number of carbonyl (C=O) groups excluding carboxylic acids is 1. The number of carbonyl (C=O) groups is 1. The van der Waals surface area contributed by atoms with E-state index in [2.05, 4.69) is 19.2 Å². The lowest BCUT2D eigenvalue weighted by Gasteiger charge is -2.34.